The van der Waals surface area contributed by atoms with Crippen molar-refractivity contribution in [3.63, 3.8) is 0 Å². The molecule has 0 aromatic carbocycles. The summed E-state index contributed by atoms with van der Waals surface area (Å²) >= 11 is 0. The second-order valence-corrected chi connectivity index (χ2v) is 6.70. The fourth-order valence-corrected chi connectivity index (χ4v) is 3.05. The van der Waals surface area contributed by atoms with Crippen molar-refractivity contribution < 1.29 is 9.84 Å². The SMILES string of the molecule is CC(C)(C)C1CCC(C(CN)OCCCO)CC1. The van der Waals surface area contributed by atoms with Gasteiger partial charge in [-0.1, -0.05) is 20.8 Å². The highest BCUT2D eigenvalue weighted by atomic mass is 16.5. The summed E-state index contributed by atoms with van der Waals surface area (Å²) in [5.41, 5.74) is 6.25. The lowest BCUT2D eigenvalue weighted by Gasteiger charge is -2.39. The Morgan fingerprint density at radius 2 is 1.83 bits per heavy atom. The Labute approximate surface area is 112 Å². The molecule has 18 heavy (non-hydrogen) atoms. The van der Waals surface area contributed by atoms with Crippen LogP contribution in [0.3, 0.4) is 0 Å². The number of aliphatic hydroxyl groups is 1. The summed E-state index contributed by atoms with van der Waals surface area (Å²) in [6, 6.07) is 0. The fourth-order valence-electron chi connectivity index (χ4n) is 3.05. The molecule has 0 aromatic heterocycles. The Hall–Kier alpha value is -0.120. The summed E-state index contributed by atoms with van der Waals surface area (Å²) in [6.07, 6.45) is 5.99. The van der Waals surface area contributed by atoms with Gasteiger partial charge in [-0.3, -0.25) is 0 Å². The molecule has 0 spiro atoms. The van der Waals surface area contributed by atoms with E-state index in [-0.39, 0.29) is 12.7 Å². The lowest BCUT2D eigenvalue weighted by atomic mass is 9.69. The number of hydrogen-bond donors (Lipinski definition) is 2. The average Bonchev–Trinajstić information content (AvgIpc) is 2.34. The first-order valence-corrected chi connectivity index (χ1v) is 7.41. The molecule has 0 aromatic rings. The van der Waals surface area contributed by atoms with Crippen LogP contribution in [-0.2, 0) is 4.74 Å². The molecule has 108 valence electrons. The van der Waals surface area contributed by atoms with Gasteiger partial charge in [0.15, 0.2) is 0 Å². The van der Waals surface area contributed by atoms with Crippen LogP contribution in [0.15, 0.2) is 0 Å². The molecule has 0 radical (unpaired) electrons. The first kappa shape index (κ1) is 15.9. The molecule has 1 saturated carbocycles. The molecular formula is C15H31NO2. The Balaban J connectivity index is 2.35. The van der Waals surface area contributed by atoms with Crippen LogP contribution in [0, 0.1) is 17.3 Å². The summed E-state index contributed by atoms with van der Waals surface area (Å²) < 4.78 is 5.81. The van der Waals surface area contributed by atoms with E-state index in [1.807, 2.05) is 0 Å². The van der Waals surface area contributed by atoms with Crippen LogP contribution in [0.1, 0.15) is 52.9 Å². The van der Waals surface area contributed by atoms with Crippen molar-refractivity contribution in [1.82, 2.24) is 0 Å². The lowest BCUT2D eigenvalue weighted by molar-refractivity contribution is -0.0105. The van der Waals surface area contributed by atoms with Crippen molar-refractivity contribution in [1.29, 1.82) is 0 Å². The van der Waals surface area contributed by atoms with Gasteiger partial charge in [0.05, 0.1) is 6.10 Å². The van der Waals surface area contributed by atoms with Crippen molar-refractivity contribution in [3.05, 3.63) is 0 Å². The maximum atomic E-state index is 8.78. The van der Waals surface area contributed by atoms with Crippen LogP contribution in [-0.4, -0.2) is 31.0 Å². The third kappa shape index (κ3) is 4.87. The van der Waals surface area contributed by atoms with E-state index in [9.17, 15) is 0 Å². The number of nitrogens with two attached hydrogens (primary N) is 1. The molecule has 0 bridgehead atoms. The molecule has 1 rings (SSSR count). The molecule has 1 atom stereocenters. The molecular weight excluding hydrogens is 226 g/mol. The molecule has 1 fully saturated rings. The minimum Gasteiger partial charge on any atom is -0.396 e. The summed E-state index contributed by atoms with van der Waals surface area (Å²) in [5, 5.41) is 8.78. The van der Waals surface area contributed by atoms with Crippen LogP contribution in [0.25, 0.3) is 0 Å². The van der Waals surface area contributed by atoms with E-state index in [1.54, 1.807) is 0 Å². The number of hydrogen-bond acceptors (Lipinski definition) is 3. The van der Waals surface area contributed by atoms with Crippen LogP contribution in [0.2, 0.25) is 0 Å². The minimum absolute atomic E-state index is 0.192. The summed E-state index contributed by atoms with van der Waals surface area (Å²) in [5.74, 6) is 1.46. The molecule has 1 aliphatic rings. The third-order valence-corrected chi connectivity index (χ3v) is 4.39. The van der Waals surface area contributed by atoms with E-state index >= 15 is 0 Å². The van der Waals surface area contributed by atoms with Gasteiger partial charge in [-0.15, -0.1) is 0 Å². The highest BCUT2D eigenvalue weighted by Crippen LogP contribution is 2.40. The average molecular weight is 257 g/mol. The lowest BCUT2D eigenvalue weighted by Crippen LogP contribution is -2.36. The zero-order chi connectivity index (χ0) is 13.6. The van der Waals surface area contributed by atoms with Gasteiger partial charge in [0.1, 0.15) is 0 Å². The zero-order valence-corrected chi connectivity index (χ0v) is 12.3. The zero-order valence-electron chi connectivity index (χ0n) is 12.3. The van der Waals surface area contributed by atoms with E-state index in [4.69, 9.17) is 15.6 Å². The molecule has 0 amide bonds. The van der Waals surface area contributed by atoms with Gasteiger partial charge < -0.3 is 15.6 Å². The Morgan fingerprint density at radius 3 is 2.28 bits per heavy atom. The number of ether oxygens (including phenoxy) is 1. The first-order valence-electron chi connectivity index (χ1n) is 7.41. The van der Waals surface area contributed by atoms with Crippen LogP contribution >= 0.6 is 0 Å². The summed E-state index contributed by atoms with van der Waals surface area (Å²) in [4.78, 5) is 0. The number of aliphatic hydroxyl groups excluding tert-OH is 1. The van der Waals surface area contributed by atoms with E-state index in [1.165, 1.54) is 25.7 Å². The monoisotopic (exact) mass is 257 g/mol. The summed E-state index contributed by atoms with van der Waals surface area (Å²) in [7, 11) is 0. The maximum absolute atomic E-state index is 8.78. The van der Waals surface area contributed by atoms with Gasteiger partial charge in [0.2, 0.25) is 0 Å². The van der Waals surface area contributed by atoms with E-state index < -0.39 is 0 Å². The fraction of sp³-hybridized carbons (Fsp3) is 1.00. The third-order valence-electron chi connectivity index (χ3n) is 4.39. The van der Waals surface area contributed by atoms with E-state index in [0.717, 1.165) is 5.92 Å². The van der Waals surface area contributed by atoms with Gasteiger partial charge >= 0.3 is 0 Å². The van der Waals surface area contributed by atoms with Crippen LogP contribution in [0.5, 0.6) is 0 Å². The standard InChI is InChI=1S/C15H31NO2/c1-15(2,3)13-7-5-12(6-8-13)14(11-16)18-10-4-9-17/h12-14,17H,4-11,16H2,1-3H3. The van der Waals surface area contributed by atoms with Crippen molar-refractivity contribution in [3.8, 4) is 0 Å². The van der Waals surface area contributed by atoms with Gasteiger partial charge in [-0.05, 0) is 49.4 Å². The van der Waals surface area contributed by atoms with Crippen LogP contribution < -0.4 is 5.73 Å². The number of rotatable bonds is 6. The molecule has 0 saturated heterocycles. The van der Waals surface area contributed by atoms with E-state index in [0.29, 0.717) is 30.9 Å². The summed E-state index contributed by atoms with van der Waals surface area (Å²) in [6.45, 7) is 8.48. The van der Waals surface area contributed by atoms with Crippen molar-refractivity contribution in [2.75, 3.05) is 19.8 Å². The highest BCUT2D eigenvalue weighted by Gasteiger charge is 2.32. The first-order chi connectivity index (χ1) is 8.49. The smallest absolute Gasteiger partial charge is 0.0725 e. The second kappa shape index (κ2) is 7.46. The van der Waals surface area contributed by atoms with Crippen molar-refractivity contribution >= 4 is 0 Å². The Kier molecular flexibility index (Phi) is 6.61. The molecule has 0 aliphatic heterocycles. The normalized spacial score (nSPS) is 27.2. The highest BCUT2D eigenvalue weighted by molar-refractivity contribution is 4.84. The Bertz CT molecular complexity index is 217. The van der Waals surface area contributed by atoms with Gasteiger partial charge in [0.25, 0.3) is 0 Å². The molecule has 0 heterocycles. The van der Waals surface area contributed by atoms with E-state index in [2.05, 4.69) is 20.8 Å². The maximum Gasteiger partial charge on any atom is 0.0725 e. The largest absolute Gasteiger partial charge is 0.396 e. The Morgan fingerprint density at radius 1 is 1.22 bits per heavy atom. The predicted molar refractivity (Wildman–Crippen MR) is 75.4 cm³/mol. The molecule has 1 unspecified atom stereocenters. The predicted octanol–water partition coefficient (Wildman–Crippen LogP) is 2.57. The topological polar surface area (TPSA) is 55.5 Å². The molecule has 3 nitrogen and oxygen atoms in total. The van der Waals surface area contributed by atoms with Gasteiger partial charge in [-0.2, -0.15) is 0 Å². The van der Waals surface area contributed by atoms with Crippen LogP contribution in [0.4, 0.5) is 0 Å². The van der Waals surface area contributed by atoms with Gasteiger partial charge in [-0.25, -0.2) is 0 Å². The van der Waals surface area contributed by atoms with Crippen molar-refractivity contribution in [2.45, 2.75) is 59.0 Å². The second-order valence-electron chi connectivity index (χ2n) is 6.70. The molecule has 3 heteroatoms. The van der Waals surface area contributed by atoms with Gasteiger partial charge in [0, 0.05) is 19.8 Å². The molecule has 1 aliphatic carbocycles. The minimum atomic E-state index is 0.192. The van der Waals surface area contributed by atoms with Crippen molar-refractivity contribution in [2.24, 2.45) is 23.0 Å². The molecule has 3 N–H and O–H groups in total. The quantitative estimate of drug-likeness (QED) is 0.719.